The number of thiazole rings is 1. The highest BCUT2D eigenvalue weighted by molar-refractivity contribution is 7.13. The van der Waals surface area contributed by atoms with E-state index in [-0.39, 0.29) is 10.7 Å². The van der Waals surface area contributed by atoms with Crippen LogP contribution in [0.4, 0.5) is 23.4 Å². The number of rotatable bonds is 7. The summed E-state index contributed by atoms with van der Waals surface area (Å²) < 4.78 is 52.0. The zero-order valence-corrected chi connectivity index (χ0v) is 20.2. The van der Waals surface area contributed by atoms with Crippen LogP contribution < -0.4 is 10.6 Å². The van der Waals surface area contributed by atoms with Crippen LogP contribution in [0.25, 0.3) is 0 Å². The molecule has 0 bridgehead atoms. The van der Waals surface area contributed by atoms with Gasteiger partial charge >= 0.3 is 6.18 Å². The number of carbonyl (C=O) groups is 2. The summed E-state index contributed by atoms with van der Waals surface area (Å²) in [7, 11) is 1.51. The van der Waals surface area contributed by atoms with Gasteiger partial charge in [-0.1, -0.05) is 11.6 Å². The normalized spacial score (nSPS) is 13.0. The van der Waals surface area contributed by atoms with Crippen molar-refractivity contribution in [2.24, 2.45) is 4.99 Å². The highest BCUT2D eigenvalue weighted by Crippen LogP contribution is 2.35. The lowest BCUT2D eigenvalue weighted by molar-refractivity contribution is -0.137. The monoisotopic (exact) mass is 540 g/mol. The van der Waals surface area contributed by atoms with Crippen molar-refractivity contribution in [1.82, 2.24) is 20.3 Å². The smallest absolute Gasteiger partial charge is 0.344 e. The van der Waals surface area contributed by atoms with E-state index in [1.54, 1.807) is 6.92 Å². The number of anilines is 1. The van der Waals surface area contributed by atoms with Gasteiger partial charge in [0.05, 0.1) is 28.5 Å². The molecule has 0 aliphatic rings. The number of alkyl halides is 3. The second-order valence-corrected chi connectivity index (χ2v) is 8.58. The molecule has 0 aliphatic carbocycles. The van der Waals surface area contributed by atoms with Crippen molar-refractivity contribution in [3.63, 3.8) is 0 Å². The quantitative estimate of drug-likeness (QED) is 0.193. The Labute approximate surface area is 211 Å². The lowest BCUT2D eigenvalue weighted by Crippen LogP contribution is -2.24. The molecule has 0 aliphatic heterocycles. The molecule has 0 saturated carbocycles. The second kappa shape index (κ2) is 11.4. The predicted octanol–water partition coefficient (Wildman–Crippen LogP) is 4.85. The SMILES string of the molecule is CN=C(/C=C/C(=O)NC(C)c1ncc(C(=O)Nc2cc(C(F)(F)F)c(Cl)cn2)s1)c1ccc(F)nc1. The first-order valence-electron chi connectivity index (χ1n) is 10.0. The third kappa shape index (κ3) is 6.92. The van der Waals surface area contributed by atoms with Crippen molar-refractivity contribution in [3.8, 4) is 0 Å². The van der Waals surface area contributed by atoms with Gasteiger partial charge in [-0.2, -0.15) is 17.6 Å². The fourth-order valence-electron chi connectivity index (χ4n) is 2.80. The van der Waals surface area contributed by atoms with Crippen LogP contribution >= 0.6 is 22.9 Å². The van der Waals surface area contributed by atoms with Gasteiger partial charge in [0, 0.05) is 31.1 Å². The summed E-state index contributed by atoms with van der Waals surface area (Å²) in [6, 6.07) is 2.69. The highest BCUT2D eigenvalue weighted by atomic mass is 35.5. The molecular weight excluding hydrogens is 524 g/mol. The van der Waals surface area contributed by atoms with Gasteiger partial charge in [-0.15, -0.1) is 11.3 Å². The fraction of sp³-hybridized carbons (Fsp3) is 0.182. The topological polar surface area (TPSA) is 109 Å². The second-order valence-electron chi connectivity index (χ2n) is 7.11. The van der Waals surface area contributed by atoms with Crippen molar-refractivity contribution < 1.29 is 27.2 Å². The Morgan fingerprint density at radius 1 is 1.14 bits per heavy atom. The first-order valence-corrected chi connectivity index (χ1v) is 11.2. The van der Waals surface area contributed by atoms with Gasteiger partial charge < -0.3 is 10.6 Å². The van der Waals surface area contributed by atoms with Crippen LogP contribution in [0.15, 0.2) is 53.9 Å². The molecule has 3 heterocycles. The van der Waals surface area contributed by atoms with E-state index in [0.717, 1.165) is 17.5 Å². The molecule has 0 saturated heterocycles. The van der Waals surface area contributed by atoms with Gasteiger partial charge in [-0.3, -0.25) is 14.6 Å². The Morgan fingerprint density at radius 2 is 1.89 bits per heavy atom. The molecule has 0 fully saturated rings. The van der Waals surface area contributed by atoms with E-state index < -0.39 is 40.6 Å². The van der Waals surface area contributed by atoms with Gasteiger partial charge in [-0.25, -0.2) is 15.0 Å². The number of pyridine rings is 2. The average Bonchev–Trinajstić information content (AvgIpc) is 3.32. The van der Waals surface area contributed by atoms with E-state index in [1.807, 2.05) is 0 Å². The number of hydrogen-bond donors (Lipinski definition) is 2. The van der Waals surface area contributed by atoms with E-state index in [9.17, 15) is 27.2 Å². The Kier molecular flexibility index (Phi) is 8.48. The molecule has 1 unspecified atom stereocenters. The Balaban J connectivity index is 1.62. The zero-order valence-electron chi connectivity index (χ0n) is 18.6. The van der Waals surface area contributed by atoms with Crippen LogP contribution in [0.3, 0.4) is 0 Å². The number of aromatic nitrogens is 3. The van der Waals surface area contributed by atoms with Gasteiger partial charge in [0.1, 0.15) is 15.7 Å². The number of hydrogen-bond acceptors (Lipinski definition) is 7. The lowest BCUT2D eigenvalue weighted by Gasteiger charge is -2.10. The van der Waals surface area contributed by atoms with E-state index in [2.05, 4.69) is 30.6 Å². The number of nitrogens with one attached hydrogen (secondary N) is 2. The number of halogens is 5. The number of carbonyl (C=O) groups excluding carboxylic acids is 2. The summed E-state index contributed by atoms with van der Waals surface area (Å²) in [6.45, 7) is 1.64. The molecular formula is C22H17ClF4N6O2S. The highest BCUT2D eigenvalue weighted by Gasteiger charge is 2.34. The molecule has 36 heavy (non-hydrogen) atoms. The minimum Gasteiger partial charge on any atom is -0.344 e. The Bertz CT molecular complexity index is 1320. The third-order valence-electron chi connectivity index (χ3n) is 4.54. The van der Waals surface area contributed by atoms with E-state index in [1.165, 1.54) is 43.7 Å². The maximum absolute atomic E-state index is 13.0. The molecule has 0 spiro atoms. The molecule has 14 heteroatoms. The number of amides is 2. The maximum Gasteiger partial charge on any atom is 0.418 e. The molecule has 2 N–H and O–H groups in total. The van der Waals surface area contributed by atoms with E-state index in [4.69, 9.17) is 11.6 Å². The van der Waals surface area contributed by atoms with Crippen LogP contribution in [0.5, 0.6) is 0 Å². The minimum absolute atomic E-state index is 0.0937. The summed E-state index contributed by atoms with van der Waals surface area (Å²) in [5.74, 6) is -2.18. The van der Waals surface area contributed by atoms with Crippen LogP contribution in [0.1, 0.15) is 38.8 Å². The Morgan fingerprint density at radius 3 is 2.53 bits per heavy atom. The van der Waals surface area contributed by atoms with E-state index in [0.29, 0.717) is 22.3 Å². The fourth-order valence-corrected chi connectivity index (χ4v) is 3.83. The molecule has 0 radical (unpaired) electrons. The minimum atomic E-state index is -4.71. The number of nitrogens with zero attached hydrogens (tertiary/aromatic N) is 4. The van der Waals surface area contributed by atoms with Gasteiger partial charge in [0.2, 0.25) is 11.9 Å². The van der Waals surface area contributed by atoms with Crippen LogP contribution in [-0.4, -0.2) is 39.5 Å². The van der Waals surface area contributed by atoms with Crippen molar-refractivity contribution in [3.05, 3.63) is 80.9 Å². The van der Waals surface area contributed by atoms with Crippen molar-refractivity contribution in [1.29, 1.82) is 0 Å². The first kappa shape index (κ1) is 26.9. The first-order chi connectivity index (χ1) is 17.0. The van der Waals surface area contributed by atoms with Gasteiger partial charge in [-0.05, 0) is 31.2 Å². The summed E-state index contributed by atoms with van der Waals surface area (Å²) in [5.41, 5.74) is -0.206. The predicted molar refractivity (Wildman–Crippen MR) is 127 cm³/mol. The third-order valence-corrected chi connectivity index (χ3v) is 6.02. The zero-order chi connectivity index (χ0) is 26.5. The lowest BCUT2D eigenvalue weighted by atomic mass is 10.1. The van der Waals surface area contributed by atoms with Crippen molar-refractivity contribution >= 4 is 46.3 Å². The molecule has 1 atom stereocenters. The molecule has 3 aromatic heterocycles. The number of allylic oxidation sites excluding steroid dienone is 1. The summed E-state index contributed by atoms with van der Waals surface area (Å²) in [5, 5.41) is 4.74. The average molecular weight is 541 g/mol. The Hall–Kier alpha value is -3.71. The molecule has 8 nitrogen and oxygen atoms in total. The van der Waals surface area contributed by atoms with Crippen molar-refractivity contribution in [2.45, 2.75) is 19.1 Å². The summed E-state index contributed by atoms with van der Waals surface area (Å²) in [6.07, 6.45) is 1.27. The molecule has 3 aromatic rings. The molecule has 3 rings (SSSR count). The van der Waals surface area contributed by atoms with Gasteiger partial charge in [0.25, 0.3) is 5.91 Å². The van der Waals surface area contributed by atoms with Crippen LogP contribution in [0, 0.1) is 5.95 Å². The largest absolute Gasteiger partial charge is 0.418 e. The molecule has 0 aromatic carbocycles. The van der Waals surface area contributed by atoms with Crippen LogP contribution in [0.2, 0.25) is 5.02 Å². The summed E-state index contributed by atoms with van der Waals surface area (Å²) >= 11 is 6.48. The molecule has 2 amide bonds. The molecule has 188 valence electrons. The number of aliphatic imine (C=N–C) groups is 1. The maximum atomic E-state index is 13.0. The standard InChI is InChI=1S/C22H17ClF4N6O2S/c1-11(32-19(34)6-4-15(28-2)12-3-5-17(24)29-8-12)21-31-10-16(36-21)20(35)33-18-7-13(22(25,26)27)14(23)9-30-18/h3-11H,1-2H3,(H,32,34)(H,30,33,35)/b6-4+,28-15?. The summed E-state index contributed by atoms with van der Waals surface area (Å²) in [4.78, 5) is 40.2. The van der Waals surface area contributed by atoms with Crippen LogP contribution in [-0.2, 0) is 11.0 Å². The van der Waals surface area contributed by atoms with Crippen molar-refractivity contribution in [2.75, 3.05) is 12.4 Å². The van der Waals surface area contributed by atoms with Gasteiger partial charge in [0.15, 0.2) is 0 Å². The van der Waals surface area contributed by atoms with E-state index >= 15 is 0 Å².